The monoisotopic (exact) mass is 428 g/mol. The maximum Gasteiger partial charge on any atom is 0.407 e. The molecular weight excluding hydrogens is 396 g/mol. The first kappa shape index (κ1) is 20.5. The number of hydrogen-bond donors (Lipinski definition) is 3. The maximum atomic E-state index is 12.6. The summed E-state index contributed by atoms with van der Waals surface area (Å²) in [4.78, 5) is 32.3. The minimum absolute atomic E-state index is 0.100. The lowest BCUT2D eigenvalue weighted by Crippen LogP contribution is -2.61. The fourth-order valence-corrected chi connectivity index (χ4v) is 7.36. The fourth-order valence-electron chi connectivity index (χ4n) is 7.36. The van der Waals surface area contributed by atoms with Crippen LogP contribution in [0, 0.1) is 23.7 Å². The molecule has 2 heterocycles. The zero-order valence-corrected chi connectivity index (χ0v) is 18.2. The van der Waals surface area contributed by atoms with E-state index in [0.717, 1.165) is 32.1 Å². The number of pyridine rings is 1. The van der Waals surface area contributed by atoms with Gasteiger partial charge in [0.25, 0.3) is 5.91 Å². The molecule has 4 bridgehead atoms. The normalized spacial score (nSPS) is 38.4. The van der Waals surface area contributed by atoms with Crippen LogP contribution in [0.2, 0.25) is 0 Å². The highest BCUT2D eigenvalue weighted by atomic mass is 16.4. The van der Waals surface area contributed by atoms with E-state index in [1.807, 2.05) is 0 Å². The Balaban J connectivity index is 1.45. The molecule has 168 valence electrons. The lowest BCUT2D eigenvalue weighted by Gasteiger charge is -2.60. The van der Waals surface area contributed by atoms with Gasteiger partial charge in [-0.15, -0.1) is 0 Å². The highest BCUT2D eigenvalue weighted by Crippen LogP contribution is 2.60. The summed E-state index contributed by atoms with van der Waals surface area (Å²) in [7, 11) is 3.42. The van der Waals surface area contributed by atoms with Gasteiger partial charge in [0.2, 0.25) is 0 Å². The first-order chi connectivity index (χ1) is 14.8. The Morgan fingerprint density at radius 2 is 1.94 bits per heavy atom. The number of likely N-dealkylation sites (tertiary alicyclic amines) is 1. The Hall–Kier alpha value is -2.35. The summed E-state index contributed by atoms with van der Waals surface area (Å²) in [5, 5.41) is 24.4. The minimum Gasteiger partial charge on any atom is -0.465 e. The van der Waals surface area contributed by atoms with Gasteiger partial charge in [-0.1, -0.05) is 0 Å². The second kappa shape index (κ2) is 7.36. The third-order valence-electron chi connectivity index (χ3n) is 8.17. The Labute approximate surface area is 182 Å². The standard InChI is InChI=1S/C23H32N4O4/c1-26(2)21(28)16-4-3-6-24-20(16)25-17-5-7-27(22(29)30)19(17)18-14-8-13-9-15(18)12-23(31,10-13)11-14/h3-4,6,13-15,17-19,31H,5,7-12H2,1-2H3,(H,24,25)(H,29,30)/t13?,14-,15?,17?,18?,19-,23-/m0/s1. The van der Waals surface area contributed by atoms with Crippen LogP contribution in [-0.4, -0.2) is 75.3 Å². The van der Waals surface area contributed by atoms with Gasteiger partial charge < -0.3 is 25.3 Å². The molecule has 8 nitrogen and oxygen atoms in total. The average Bonchev–Trinajstić information content (AvgIpc) is 3.10. The Bertz CT molecular complexity index is 874. The van der Waals surface area contributed by atoms with E-state index >= 15 is 0 Å². The summed E-state index contributed by atoms with van der Waals surface area (Å²) >= 11 is 0. The van der Waals surface area contributed by atoms with Gasteiger partial charge in [-0.05, 0) is 74.3 Å². The molecule has 1 aliphatic heterocycles. The molecule has 0 spiro atoms. The number of amides is 2. The van der Waals surface area contributed by atoms with Crippen molar-refractivity contribution in [3.63, 3.8) is 0 Å². The summed E-state index contributed by atoms with van der Waals surface area (Å²) in [6.07, 6.45) is 6.13. The van der Waals surface area contributed by atoms with Crippen molar-refractivity contribution in [2.24, 2.45) is 23.7 Å². The summed E-state index contributed by atoms with van der Waals surface area (Å²) in [6.45, 7) is 0.477. The quantitative estimate of drug-likeness (QED) is 0.680. The largest absolute Gasteiger partial charge is 0.465 e. The number of nitrogens with one attached hydrogen (secondary N) is 1. The van der Waals surface area contributed by atoms with Crippen molar-refractivity contribution in [1.29, 1.82) is 0 Å². The molecule has 5 aliphatic rings. The van der Waals surface area contributed by atoms with E-state index in [1.54, 1.807) is 37.3 Å². The number of carboxylic acid groups (broad SMARTS) is 1. The topological polar surface area (TPSA) is 106 Å². The first-order valence-electron chi connectivity index (χ1n) is 11.4. The highest BCUT2D eigenvalue weighted by Gasteiger charge is 2.59. The SMILES string of the molecule is CN(C)C(=O)c1cccnc1NC1CCN(C(=O)O)[C@@H]1C1C2CC3C[C@H]1C[C@@](O)(C3)C2. The Morgan fingerprint density at radius 3 is 2.55 bits per heavy atom. The lowest BCUT2D eigenvalue weighted by molar-refractivity contribution is -0.162. The van der Waals surface area contributed by atoms with Gasteiger partial charge in [-0.25, -0.2) is 9.78 Å². The smallest absolute Gasteiger partial charge is 0.407 e. The van der Waals surface area contributed by atoms with Crippen molar-refractivity contribution in [3.8, 4) is 0 Å². The van der Waals surface area contributed by atoms with E-state index in [-0.39, 0.29) is 23.9 Å². The second-order valence-corrected chi connectivity index (χ2v) is 10.4. The van der Waals surface area contributed by atoms with E-state index in [4.69, 9.17) is 0 Å². The van der Waals surface area contributed by atoms with Gasteiger partial charge in [-0.3, -0.25) is 4.79 Å². The van der Waals surface area contributed by atoms with Crippen LogP contribution < -0.4 is 5.32 Å². The number of carbonyl (C=O) groups excluding carboxylic acids is 1. The average molecular weight is 429 g/mol. The van der Waals surface area contributed by atoms with Crippen molar-refractivity contribution in [2.75, 3.05) is 26.0 Å². The van der Waals surface area contributed by atoms with E-state index in [2.05, 4.69) is 10.3 Å². The molecule has 8 heteroatoms. The molecule has 31 heavy (non-hydrogen) atoms. The summed E-state index contributed by atoms with van der Waals surface area (Å²) in [5.41, 5.74) is -0.0473. The number of carbonyl (C=O) groups is 2. The van der Waals surface area contributed by atoms with Crippen molar-refractivity contribution >= 4 is 17.8 Å². The van der Waals surface area contributed by atoms with Crippen LogP contribution in [0.3, 0.4) is 0 Å². The Morgan fingerprint density at radius 1 is 1.23 bits per heavy atom. The van der Waals surface area contributed by atoms with Crippen molar-refractivity contribution in [2.45, 2.75) is 56.2 Å². The number of rotatable bonds is 4. The van der Waals surface area contributed by atoms with Crippen molar-refractivity contribution in [1.82, 2.24) is 14.8 Å². The zero-order chi connectivity index (χ0) is 21.9. The summed E-state index contributed by atoms with van der Waals surface area (Å²) < 4.78 is 0. The van der Waals surface area contributed by atoms with Crippen LogP contribution in [0.15, 0.2) is 18.3 Å². The van der Waals surface area contributed by atoms with E-state index in [9.17, 15) is 19.8 Å². The molecule has 4 unspecified atom stereocenters. The molecule has 7 atom stereocenters. The molecular formula is C23H32N4O4. The van der Waals surface area contributed by atoms with Gasteiger partial charge in [-0.2, -0.15) is 0 Å². The van der Waals surface area contributed by atoms with Gasteiger partial charge in [0.05, 0.1) is 23.2 Å². The fraction of sp³-hybridized carbons (Fsp3) is 0.696. The summed E-state index contributed by atoms with van der Waals surface area (Å²) in [6, 6.07) is 3.24. The first-order valence-corrected chi connectivity index (χ1v) is 11.4. The van der Waals surface area contributed by atoms with Crippen LogP contribution in [0.1, 0.15) is 48.9 Å². The van der Waals surface area contributed by atoms with Gasteiger partial charge in [0.1, 0.15) is 5.82 Å². The number of aliphatic hydroxyl groups is 1. The van der Waals surface area contributed by atoms with Crippen molar-refractivity contribution < 1.29 is 19.8 Å². The zero-order valence-electron chi connectivity index (χ0n) is 18.2. The molecule has 6 rings (SSSR count). The lowest BCUT2D eigenvalue weighted by atomic mass is 9.48. The Kier molecular flexibility index (Phi) is 4.88. The number of anilines is 1. The molecule has 1 aromatic rings. The van der Waals surface area contributed by atoms with Crippen LogP contribution in [0.4, 0.5) is 10.6 Å². The predicted octanol–water partition coefficient (Wildman–Crippen LogP) is 2.50. The van der Waals surface area contributed by atoms with Crippen LogP contribution >= 0.6 is 0 Å². The molecule has 1 aromatic heterocycles. The maximum absolute atomic E-state index is 12.6. The predicted molar refractivity (Wildman–Crippen MR) is 115 cm³/mol. The minimum atomic E-state index is -0.882. The summed E-state index contributed by atoms with van der Waals surface area (Å²) in [5.74, 6) is 1.92. The molecule has 5 fully saturated rings. The van der Waals surface area contributed by atoms with E-state index in [1.165, 1.54) is 4.90 Å². The highest BCUT2D eigenvalue weighted by molar-refractivity contribution is 5.98. The number of hydrogen-bond acceptors (Lipinski definition) is 5. The molecule has 0 aromatic carbocycles. The molecule has 3 N–H and O–H groups in total. The second-order valence-electron chi connectivity index (χ2n) is 10.4. The molecule has 4 saturated carbocycles. The number of nitrogens with zero attached hydrogens (tertiary/aromatic N) is 3. The molecule has 4 aliphatic carbocycles. The van der Waals surface area contributed by atoms with Crippen LogP contribution in [-0.2, 0) is 0 Å². The van der Waals surface area contributed by atoms with Gasteiger partial charge in [0, 0.05) is 26.8 Å². The van der Waals surface area contributed by atoms with Gasteiger partial charge in [0.15, 0.2) is 0 Å². The van der Waals surface area contributed by atoms with E-state index < -0.39 is 11.7 Å². The number of aromatic nitrogens is 1. The van der Waals surface area contributed by atoms with Crippen LogP contribution in [0.5, 0.6) is 0 Å². The molecule has 0 radical (unpaired) electrons. The molecule has 1 saturated heterocycles. The third-order valence-corrected chi connectivity index (χ3v) is 8.17. The third kappa shape index (κ3) is 3.45. The molecule has 2 amide bonds. The van der Waals surface area contributed by atoms with Gasteiger partial charge >= 0.3 is 6.09 Å². The van der Waals surface area contributed by atoms with E-state index in [0.29, 0.717) is 42.1 Å². The van der Waals surface area contributed by atoms with Crippen molar-refractivity contribution in [3.05, 3.63) is 23.9 Å². The van der Waals surface area contributed by atoms with Crippen LogP contribution in [0.25, 0.3) is 0 Å².